The van der Waals surface area contributed by atoms with Crippen LogP contribution >= 0.6 is 34.8 Å². The maximum Gasteiger partial charge on any atom is 0.335 e. The van der Waals surface area contributed by atoms with Crippen LogP contribution in [0.15, 0.2) is 48.5 Å². The lowest BCUT2D eigenvalue weighted by molar-refractivity contribution is 0.0696. The number of rotatable bonds is 4. The number of imidazole rings is 1. The number of nitrogens with two attached hydrogens (primary N) is 1. The number of nitrogens with zero attached hydrogens (tertiary/aromatic N) is 2. The zero-order valence-corrected chi connectivity index (χ0v) is 17.6. The molecule has 0 aliphatic rings. The minimum atomic E-state index is -1.14. The summed E-state index contributed by atoms with van der Waals surface area (Å²) in [6.07, 6.45) is 0. The molecule has 4 aromatic rings. The lowest BCUT2D eigenvalue weighted by atomic mass is 10.1. The number of hydrogen-bond donors (Lipinski definition) is 2. The second-order valence-corrected chi connectivity index (χ2v) is 7.75. The normalized spacial score (nSPS) is 11.1. The Labute approximate surface area is 189 Å². The van der Waals surface area contributed by atoms with Crippen molar-refractivity contribution in [3.63, 3.8) is 0 Å². The molecular weight excluding hydrogens is 468 g/mol. The molecule has 0 aliphatic heterocycles. The summed E-state index contributed by atoms with van der Waals surface area (Å²) in [6, 6.07) is 11.1. The van der Waals surface area contributed by atoms with Crippen LogP contribution in [-0.4, -0.2) is 26.5 Å². The lowest BCUT2D eigenvalue weighted by Gasteiger charge is -2.14. The molecule has 0 saturated heterocycles. The summed E-state index contributed by atoms with van der Waals surface area (Å²) in [5.41, 5.74) is 6.28. The molecule has 0 spiro atoms. The minimum Gasteiger partial charge on any atom is -0.478 e. The molecule has 0 fully saturated rings. The van der Waals surface area contributed by atoms with E-state index < -0.39 is 17.7 Å². The Bertz CT molecular complexity index is 1380. The lowest BCUT2D eigenvalue weighted by Crippen LogP contribution is -2.12. The monoisotopic (exact) mass is 477 g/mol. The van der Waals surface area contributed by atoms with E-state index in [-0.39, 0.29) is 48.8 Å². The van der Waals surface area contributed by atoms with Crippen molar-refractivity contribution in [1.82, 2.24) is 9.55 Å². The molecule has 0 aliphatic carbocycles. The topological polar surface area (TPSA) is 98.2 Å². The molecule has 6 nitrogen and oxygen atoms in total. The molecule has 1 heterocycles. The van der Waals surface area contributed by atoms with Crippen molar-refractivity contribution in [2.75, 3.05) is 0 Å². The Kier molecular flexibility index (Phi) is 5.35. The number of amides is 1. The zero-order valence-electron chi connectivity index (χ0n) is 15.4. The number of carboxylic acid groups (broad SMARTS) is 1. The van der Waals surface area contributed by atoms with Gasteiger partial charge < -0.3 is 10.8 Å². The first-order valence-corrected chi connectivity index (χ1v) is 9.82. The standard InChI is InChI=1S/C21H11Cl3FN3O3/c22-11-2-1-3-14(25)18(11)20-27-15-6-9(21(30)31)4-5-16(15)28(20)17-8-12(23)10(19(26)29)7-13(17)24/h1-8H,(H2,26,29)(H,30,31). The molecule has 0 radical (unpaired) electrons. The van der Waals surface area contributed by atoms with Crippen LogP contribution in [0.25, 0.3) is 28.1 Å². The Hall–Kier alpha value is -3.13. The smallest absolute Gasteiger partial charge is 0.335 e. The summed E-state index contributed by atoms with van der Waals surface area (Å²) in [4.78, 5) is 27.4. The summed E-state index contributed by atoms with van der Waals surface area (Å²) >= 11 is 18.9. The molecule has 10 heteroatoms. The van der Waals surface area contributed by atoms with E-state index in [2.05, 4.69) is 4.98 Å². The molecule has 0 unspecified atom stereocenters. The van der Waals surface area contributed by atoms with Crippen LogP contribution in [-0.2, 0) is 0 Å². The quantitative estimate of drug-likeness (QED) is 0.399. The Morgan fingerprint density at radius 2 is 1.74 bits per heavy atom. The Morgan fingerprint density at radius 1 is 1.00 bits per heavy atom. The number of carbonyl (C=O) groups is 2. The first kappa shape index (κ1) is 21.1. The predicted octanol–water partition coefficient (Wildman–Crippen LogP) is 5.59. The van der Waals surface area contributed by atoms with Crippen molar-refractivity contribution >= 4 is 57.7 Å². The number of halogens is 4. The highest BCUT2D eigenvalue weighted by Crippen LogP contribution is 2.38. The van der Waals surface area contributed by atoms with Gasteiger partial charge in [0.1, 0.15) is 11.6 Å². The van der Waals surface area contributed by atoms with Crippen LogP contribution in [0, 0.1) is 5.82 Å². The van der Waals surface area contributed by atoms with Gasteiger partial charge in [-0.25, -0.2) is 14.2 Å². The zero-order chi connectivity index (χ0) is 22.4. The summed E-state index contributed by atoms with van der Waals surface area (Å²) in [7, 11) is 0. The molecule has 3 N–H and O–H groups in total. The van der Waals surface area contributed by atoms with Gasteiger partial charge in [-0.1, -0.05) is 40.9 Å². The third-order valence-electron chi connectivity index (χ3n) is 4.63. The minimum absolute atomic E-state index is 0.00321. The molecule has 3 aromatic carbocycles. The van der Waals surface area contributed by atoms with E-state index in [0.717, 1.165) is 0 Å². The Morgan fingerprint density at radius 3 is 2.39 bits per heavy atom. The van der Waals surface area contributed by atoms with Crippen molar-refractivity contribution in [2.45, 2.75) is 0 Å². The second kappa shape index (κ2) is 7.85. The number of aromatic carboxylic acids is 1. The van der Waals surface area contributed by atoms with Crippen molar-refractivity contribution < 1.29 is 19.1 Å². The first-order valence-electron chi connectivity index (χ1n) is 8.68. The van der Waals surface area contributed by atoms with Crippen molar-refractivity contribution in [3.8, 4) is 17.1 Å². The average Bonchev–Trinajstić information content (AvgIpc) is 3.07. The van der Waals surface area contributed by atoms with Gasteiger partial charge in [0.25, 0.3) is 0 Å². The van der Waals surface area contributed by atoms with Gasteiger partial charge in [-0.05, 0) is 42.5 Å². The van der Waals surface area contributed by atoms with Crippen LogP contribution in [0.2, 0.25) is 15.1 Å². The van der Waals surface area contributed by atoms with Crippen molar-refractivity contribution in [1.29, 1.82) is 0 Å². The van der Waals surface area contributed by atoms with Crippen LogP contribution in [0.4, 0.5) is 4.39 Å². The maximum atomic E-state index is 14.8. The van der Waals surface area contributed by atoms with E-state index in [9.17, 15) is 19.1 Å². The molecule has 4 rings (SSSR count). The largest absolute Gasteiger partial charge is 0.478 e. The number of hydrogen-bond acceptors (Lipinski definition) is 3. The molecule has 31 heavy (non-hydrogen) atoms. The van der Waals surface area contributed by atoms with Gasteiger partial charge in [-0.3, -0.25) is 9.36 Å². The van der Waals surface area contributed by atoms with E-state index in [1.54, 1.807) is 0 Å². The van der Waals surface area contributed by atoms with Crippen molar-refractivity contribution in [3.05, 3.63) is 80.5 Å². The van der Waals surface area contributed by atoms with E-state index in [0.29, 0.717) is 5.52 Å². The molecule has 0 atom stereocenters. The average molecular weight is 479 g/mol. The summed E-state index contributed by atoms with van der Waals surface area (Å²) in [6.45, 7) is 0. The SMILES string of the molecule is NC(=O)c1cc(Cl)c(-n2c(-c3c(F)cccc3Cl)nc3cc(C(=O)O)ccc32)cc1Cl. The third kappa shape index (κ3) is 3.61. The van der Waals surface area contributed by atoms with Gasteiger partial charge in [0.05, 0.1) is 48.5 Å². The van der Waals surface area contributed by atoms with Crippen molar-refractivity contribution in [2.24, 2.45) is 5.73 Å². The van der Waals surface area contributed by atoms with Gasteiger partial charge in [-0.15, -0.1) is 0 Å². The predicted molar refractivity (Wildman–Crippen MR) is 117 cm³/mol. The van der Waals surface area contributed by atoms with E-state index >= 15 is 0 Å². The van der Waals surface area contributed by atoms with Crippen LogP contribution in [0.3, 0.4) is 0 Å². The highest BCUT2D eigenvalue weighted by atomic mass is 35.5. The number of carboxylic acids is 1. The van der Waals surface area contributed by atoms with Gasteiger partial charge in [0.2, 0.25) is 5.91 Å². The summed E-state index contributed by atoms with van der Waals surface area (Å²) in [5, 5.41) is 9.52. The first-order chi connectivity index (χ1) is 14.7. The Balaban J connectivity index is 2.12. The fourth-order valence-electron chi connectivity index (χ4n) is 3.23. The highest BCUT2D eigenvalue weighted by Gasteiger charge is 2.23. The van der Waals surface area contributed by atoms with Gasteiger partial charge in [0.15, 0.2) is 0 Å². The van der Waals surface area contributed by atoms with Crippen LogP contribution in [0.5, 0.6) is 0 Å². The number of aromatic nitrogens is 2. The summed E-state index contributed by atoms with van der Waals surface area (Å²) < 4.78 is 16.3. The fraction of sp³-hybridized carbons (Fsp3) is 0. The number of primary amides is 1. The molecule has 156 valence electrons. The fourth-order valence-corrected chi connectivity index (χ4v) is 3.98. The molecule has 0 saturated carbocycles. The molecule has 1 aromatic heterocycles. The van der Waals surface area contributed by atoms with Gasteiger partial charge in [-0.2, -0.15) is 0 Å². The number of carbonyl (C=O) groups excluding carboxylic acids is 1. The molecule has 1 amide bonds. The number of benzene rings is 3. The van der Waals surface area contributed by atoms with Crippen LogP contribution < -0.4 is 5.73 Å². The molecule has 0 bridgehead atoms. The van der Waals surface area contributed by atoms with Gasteiger partial charge >= 0.3 is 5.97 Å². The second-order valence-electron chi connectivity index (χ2n) is 6.52. The third-order valence-corrected chi connectivity index (χ3v) is 5.56. The maximum absolute atomic E-state index is 14.8. The van der Waals surface area contributed by atoms with E-state index in [1.165, 1.54) is 53.1 Å². The highest BCUT2D eigenvalue weighted by molar-refractivity contribution is 6.37. The van der Waals surface area contributed by atoms with E-state index in [4.69, 9.17) is 40.5 Å². The van der Waals surface area contributed by atoms with Gasteiger partial charge in [0, 0.05) is 0 Å². The van der Waals surface area contributed by atoms with Crippen LogP contribution in [0.1, 0.15) is 20.7 Å². The number of fused-ring (bicyclic) bond motifs is 1. The molecular formula is C21H11Cl3FN3O3. The summed E-state index contributed by atoms with van der Waals surface area (Å²) in [5.74, 6) is -2.48. The van der Waals surface area contributed by atoms with E-state index in [1.807, 2.05) is 0 Å².